The molecule has 1 heterocycles. The van der Waals surface area contributed by atoms with E-state index in [0.717, 1.165) is 17.6 Å². The first-order valence-electron chi connectivity index (χ1n) is 5.87. The summed E-state index contributed by atoms with van der Waals surface area (Å²) >= 11 is 3.39. The van der Waals surface area contributed by atoms with Gasteiger partial charge in [-0.1, -0.05) is 6.92 Å². The lowest BCUT2D eigenvalue weighted by atomic mass is 10.2. The molecule has 0 radical (unpaired) electrons. The fraction of sp³-hybridized carbons (Fsp3) is 0.583. The number of carbonyl (C=O) groups is 1. The van der Waals surface area contributed by atoms with Crippen LogP contribution in [0.2, 0.25) is 0 Å². The molecule has 1 aromatic rings. The first-order valence-corrected chi connectivity index (χ1v) is 6.66. The number of amides is 1. The summed E-state index contributed by atoms with van der Waals surface area (Å²) in [6.45, 7) is 6.50. The van der Waals surface area contributed by atoms with Crippen LogP contribution >= 0.6 is 15.9 Å². The molecule has 0 saturated carbocycles. The highest BCUT2D eigenvalue weighted by atomic mass is 79.9. The molecule has 0 bridgehead atoms. The highest BCUT2D eigenvalue weighted by Crippen LogP contribution is 2.14. The maximum atomic E-state index is 12.0. The van der Waals surface area contributed by atoms with Crippen molar-refractivity contribution in [3.8, 4) is 0 Å². The van der Waals surface area contributed by atoms with Crippen LogP contribution in [0.15, 0.2) is 16.7 Å². The molecule has 0 aliphatic rings. The highest BCUT2D eigenvalue weighted by molar-refractivity contribution is 9.10. The quantitative estimate of drug-likeness (QED) is 0.842. The van der Waals surface area contributed by atoms with Gasteiger partial charge in [0.05, 0.1) is 0 Å². The van der Waals surface area contributed by atoms with E-state index in [1.54, 1.807) is 0 Å². The Hall–Kier alpha value is -0.810. The van der Waals surface area contributed by atoms with Crippen molar-refractivity contribution in [2.75, 3.05) is 20.1 Å². The third-order valence-electron chi connectivity index (χ3n) is 2.60. The predicted molar refractivity (Wildman–Crippen MR) is 73.2 cm³/mol. The number of nitrogens with zero attached hydrogens (tertiary/aromatic N) is 1. The van der Waals surface area contributed by atoms with Crippen LogP contribution in [0, 0.1) is 5.92 Å². The molecule has 4 nitrogen and oxygen atoms in total. The van der Waals surface area contributed by atoms with E-state index in [0.29, 0.717) is 18.2 Å². The molecule has 0 aromatic carbocycles. The molecule has 0 aliphatic carbocycles. The Kier molecular flexibility index (Phi) is 5.71. The van der Waals surface area contributed by atoms with Gasteiger partial charge in [0.2, 0.25) is 0 Å². The van der Waals surface area contributed by atoms with Gasteiger partial charge in [-0.25, -0.2) is 0 Å². The number of rotatable bonds is 6. The van der Waals surface area contributed by atoms with Crippen LogP contribution in [0.25, 0.3) is 0 Å². The van der Waals surface area contributed by atoms with E-state index >= 15 is 0 Å². The number of halogens is 1. The zero-order valence-corrected chi connectivity index (χ0v) is 12.2. The smallest absolute Gasteiger partial charge is 0.267 e. The van der Waals surface area contributed by atoms with Crippen molar-refractivity contribution >= 4 is 21.8 Å². The van der Waals surface area contributed by atoms with Crippen LogP contribution in [0.5, 0.6) is 0 Å². The lowest BCUT2D eigenvalue weighted by molar-refractivity contribution is 0.0939. The van der Waals surface area contributed by atoms with E-state index in [1.807, 2.05) is 30.8 Å². The van der Waals surface area contributed by atoms with Gasteiger partial charge in [-0.15, -0.1) is 0 Å². The minimum absolute atomic E-state index is 0.0134. The van der Waals surface area contributed by atoms with E-state index in [1.165, 1.54) is 0 Å². The number of hydrogen-bond acceptors (Lipinski definition) is 2. The summed E-state index contributed by atoms with van der Waals surface area (Å²) in [6.07, 6.45) is 1.92. The van der Waals surface area contributed by atoms with Crippen LogP contribution in [-0.2, 0) is 6.54 Å². The molecule has 0 saturated heterocycles. The van der Waals surface area contributed by atoms with Gasteiger partial charge in [0.1, 0.15) is 5.69 Å². The van der Waals surface area contributed by atoms with Crippen molar-refractivity contribution < 1.29 is 4.79 Å². The van der Waals surface area contributed by atoms with Gasteiger partial charge in [-0.05, 0) is 48.4 Å². The number of aryl methyl sites for hydroxylation is 1. The molecule has 1 aromatic heterocycles. The van der Waals surface area contributed by atoms with Gasteiger partial charge >= 0.3 is 0 Å². The Labute approximate surface area is 111 Å². The molecule has 0 aliphatic heterocycles. The molecule has 1 rings (SSSR count). The SMILES string of the molecule is CCn1cc(Br)cc1C(=O)NCC(C)CNC. The van der Waals surface area contributed by atoms with Crippen molar-refractivity contribution in [2.45, 2.75) is 20.4 Å². The maximum absolute atomic E-state index is 12.0. The Morgan fingerprint density at radius 2 is 2.24 bits per heavy atom. The van der Waals surface area contributed by atoms with Crippen molar-refractivity contribution in [3.63, 3.8) is 0 Å². The van der Waals surface area contributed by atoms with Gasteiger partial charge in [0, 0.05) is 23.8 Å². The molecule has 1 atom stereocenters. The molecule has 17 heavy (non-hydrogen) atoms. The summed E-state index contributed by atoms with van der Waals surface area (Å²) in [4.78, 5) is 12.0. The molecule has 96 valence electrons. The summed E-state index contributed by atoms with van der Waals surface area (Å²) in [5, 5.41) is 6.04. The lowest BCUT2D eigenvalue weighted by Gasteiger charge is -2.12. The summed E-state index contributed by atoms with van der Waals surface area (Å²) < 4.78 is 2.87. The van der Waals surface area contributed by atoms with Crippen molar-refractivity contribution in [1.29, 1.82) is 0 Å². The normalized spacial score (nSPS) is 12.5. The zero-order chi connectivity index (χ0) is 12.8. The second-order valence-corrected chi connectivity index (χ2v) is 5.12. The predicted octanol–water partition coefficient (Wildman–Crippen LogP) is 1.86. The second-order valence-electron chi connectivity index (χ2n) is 4.20. The standard InChI is InChI=1S/C12H20BrN3O/c1-4-16-8-10(13)5-11(16)12(17)15-7-9(2)6-14-3/h5,8-9,14H,4,6-7H2,1-3H3,(H,15,17). The molecular formula is C12H20BrN3O. The third kappa shape index (κ3) is 4.16. The minimum Gasteiger partial charge on any atom is -0.350 e. The van der Waals surface area contributed by atoms with Crippen LogP contribution in [0.1, 0.15) is 24.3 Å². The number of hydrogen-bond donors (Lipinski definition) is 2. The van der Waals surface area contributed by atoms with Gasteiger partial charge < -0.3 is 15.2 Å². The molecule has 0 spiro atoms. The van der Waals surface area contributed by atoms with E-state index in [9.17, 15) is 4.79 Å². The van der Waals surface area contributed by atoms with E-state index in [-0.39, 0.29) is 5.91 Å². The van der Waals surface area contributed by atoms with Crippen LogP contribution in [0.3, 0.4) is 0 Å². The van der Waals surface area contributed by atoms with Gasteiger partial charge in [0.25, 0.3) is 5.91 Å². The Bertz CT molecular complexity index is 376. The second kappa shape index (κ2) is 6.81. The summed E-state index contributed by atoms with van der Waals surface area (Å²) in [6, 6.07) is 1.85. The average molecular weight is 302 g/mol. The zero-order valence-electron chi connectivity index (χ0n) is 10.6. The summed E-state index contributed by atoms with van der Waals surface area (Å²) in [5.41, 5.74) is 0.705. The third-order valence-corrected chi connectivity index (χ3v) is 3.03. The summed E-state index contributed by atoms with van der Waals surface area (Å²) in [7, 11) is 1.91. The Morgan fingerprint density at radius 3 is 2.82 bits per heavy atom. The molecule has 1 unspecified atom stereocenters. The Balaban J connectivity index is 2.57. The van der Waals surface area contributed by atoms with Gasteiger partial charge in [-0.2, -0.15) is 0 Å². The lowest BCUT2D eigenvalue weighted by Crippen LogP contribution is -2.33. The van der Waals surface area contributed by atoms with E-state index in [2.05, 4.69) is 33.5 Å². The fourth-order valence-corrected chi connectivity index (χ4v) is 2.17. The van der Waals surface area contributed by atoms with Gasteiger partial charge in [0.15, 0.2) is 0 Å². The molecule has 0 fully saturated rings. The van der Waals surface area contributed by atoms with Crippen LogP contribution in [-0.4, -0.2) is 30.6 Å². The highest BCUT2D eigenvalue weighted by Gasteiger charge is 2.12. The number of carbonyl (C=O) groups excluding carboxylic acids is 1. The summed E-state index contributed by atoms with van der Waals surface area (Å²) in [5.74, 6) is 0.415. The molecular weight excluding hydrogens is 282 g/mol. The minimum atomic E-state index is -0.0134. The van der Waals surface area contributed by atoms with Crippen molar-refractivity contribution in [3.05, 3.63) is 22.4 Å². The number of nitrogens with one attached hydrogen (secondary N) is 2. The molecule has 5 heteroatoms. The first kappa shape index (κ1) is 14.3. The van der Waals surface area contributed by atoms with Crippen molar-refractivity contribution in [2.24, 2.45) is 5.92 Å². The topological polar surface area (TPSA) is 46.1 Å². The first-order chi connectivity index (χ1) is 8.08. The fourth-order valence-electron chi connectivity index (χ4n) is 1.70. The molecule has 2 N–H and O–H groups in total. The molecule has 1 amide bonds. The van der Waals surface area contributed by atoms with Crippen LogP contribution < -0.4 is 10.6 Å². The maximum Gasteiger partial charge on any atom is 0.267 e. The average Bonchev–Trinajstić information content (AvgIpc) is 2.68. The van der Waals surface area contributed by atoms with Crippen molar-refractivity contribution in [1.82, 2.24) is 15.2 Å². The number of aromatic nitrogens is 1. The van der Waals surface area contributed by atoms with Crippen LogP contribution in [0.4, 0.5) is 0 Å². The Morgan fingerprint density at radius 1 is 1.53 bits per heavy atom. The monoisotopic (exact) mass is 301 g/mol. The van der Waals surface area contributed by atoms with Gasteiger partial charge in [-0.3, -0.25) is 4.79 Å². The van der Waals surface area contributed by atoms with E-state index in [4.69, 9.17) is 0 Å². The largest absolute Gasteiger partial charge is 0.350 e. The van der Waals surface area contributed by atoms with E-state index < -0.39 is 0 Å².